The summed E-state index contributed by atoms with van der Waals surface area (Å²) in [5, 5.41) is 6.29. The summed E-state index contributed by atoms with van der Waals surface area (Å²) < 4.78 is 30.2. The molecule has 44 heavy (non-hydrogen) atoms. The van der Waals surface area contributed by atoms with Gasteiger partial charge in [0.15, 0.2) is 0 Å². The normalized spacial score (nSPS) is 19.4. The number of rotatable bonds is 10. The molecule has 4 rings (SSSR count). The first-order valence-electron chi connectivity index (χ1n) is 16.8. The monoisotopic (exact) mass is 605 g/mol. The Morgan fingerprint density at radius 1 is 1.02 bits per heavy atom. The van der Waals surface area contributed by atoms with E-state index in [0.717, 1.165) is 71.9 Å². The zero-order valence-electron chi connectivity index (χ0n) is 28.6. The molecule has 2 aliphatic carbocycles. The second-order valence-corrected chi connectivity index (χ2v) is 11.7. The van der Waals surface area contributed by atoms with Gasteiger partial charge < -0.3 is 10.6 Å². The van der Waals surface area contributed by atoms with E-state index in [2.05, 4.69) is 57.0 Å². The summed E-state index contributed by atoms with van der Waals surface area (Å²) in [6, 6.07) is 7.04. The molecule has 0 bridgehead atoms. The molecule has 2 aliphatic rings. The number of likely N-dealkylation sites (N-methyl/N-ethyl adjacent to an activating group) is 1. The van der Waals surface area contributed by atoms with E-state index in [4.69, 9.17) is 4.98 Å². The highest BCUT2D eigenvalue weighted by atomic mass is 19.1. The summed E-state index contributed by atoms with van der Waals surface area (Å²) >= 11 is 0. The second-order valence-electron chi connectivity index (χ2n) is 11.7. The largest absolute Gasteiger partial charge is 0.373 e. The van der Waals surface area contributed by atoms with Crippen LogP contribution in [0.25, 0.3) is 5.57 Å². The van der Waals surface area contributed by atoms with E-state index in [-0.39, 0.29) is 23.5 Å². The fraction of sp³-hybridized carbons (Fsp3) is 0.513. The number of anilines is 1. The minimum absolute atomic E-state index is 0.0538. The van der Waals surface area contributed by atoms with Crippen molar-refractivity contribution in [3.63, 3.8) is 0 Å². The van der Waals surface area contributed by atoms with Crippen LogP contribution in [0.3, 0.4) is 0 Å². The molecule has 2 N–H and O–H groups in total. The number of hydrogen-bond acceptors (Lipinski definition) is 3. The molecule has 3 nitrogen and oxygen atoms in total. The van der Waals surface area contributed by atoms with Crippen molar-refractivity contribution in [2.75, 3.05) is 25.5 Å². The minimum atomic E-state index is -0.224. The van der Waals surface area contributed by atoms with Crippen LogP contribution in [-0.4, -0.2) is 25.1 Å². The number of hydrogen-bond donors (Lipinski definition) is 2. The summed E-state index contributed by atoms with van der Waals surface area (Å²) in [6.45, 7) is 20.1. The minimum Gasteiger partial charge on any atom is -0.373 e. The van der Waals surface area contributed by atoms with Gasteiger partial charge in [-0.3, -0.25) is 0 Å². The van der Waals surface area contributed by atoms with E-state index in [0.29, 0.717) is 11.5 Å². The van der Waals surface area contributed by atoms with Gasteiger partial charge in [0, 0.05) is 30.9 Å². The number of nitrogens with one attached hydrogen (secondary N) is 2. The van der Waals surface area contributed by atoms with Crippen LogP contribution in [0, 0.1) is 24.6 Å². The first-order valence-corrected chi connectivity index (χ1v) is 16.8. The van der Waals surface area contributed by atoms with Gasteiger partial charge in [0.25, 0.3) is 0 Å². The highest BCUT2D eigenvalue weighted by molar-refractivity contribution is 5.79. The third-order valence-electron chi connectivity index (χ3n) is 9.09. The van der Waals surface area contributed by atoms with Crippen LogP contribution in [0.4, 0.5) is 14.6 Å². The molecule has 0 aliphatic heterocycles. The van der Waals surface area contributed by atoms with Crippen LogP contribution in [0.5, 0.6) is 0 Å². The molecule has 1 heterocycles. The van der Waals surface area contributed by atoms with E-state index in [1.165, 1.54) is 25.3 Å². The van der Waals surface area contributed by atoms with Crippen LogP contribution in [0.2, 0.25) is 0 Å². The van der Waals surface area contributed by atoms with Gasteiger partial charge in [-0.2, -0.15) is 0 Å². The Morgan fingerprint density at radius 3 is 2.30 bits per heavy atom. The Bertz CT molecular complexity index is 1270. The van der Waals surface area contributed by atoms with Gasteiger partial charge in [-0.1, -0.05) is 78.3 Å². The smallest absolute Gasteiger partial charge is 0.134 e. The summed E-state index contributed by atoms with van der Waals surface area (Å²) in [5.41, 5.74) is 5.36. The fourth-order valence-corrected chi connectivity index (χ4v) is 6.22. The summed E-state index contributed by atoms with van der Waals surface area (Å²) in [7, 11) is 1.86. The van der Waals surface area contributed by atoms with E-state index < -0.39 is 0 Å². The molecule has 242 valence electrons. The number of benzene rings is 1. The molecule has 2 atom stereocenters. The molecule has 0 saturated heterocycles. The summed E-state index contributed by atoms with van der Waals surface area (Å²) in [4.78, 5) is 4.69. The molecule has 2 aromatic rings. The highest BCUT2D eigenvalue weighted by Gasteiger charge is 2.28. The molecular weight excluding hydrogens is 548 g/mol. The average molecular weight is 606 g/mol. The van der Waals surface area contributed by atoms with Crippen LogP contribution in [0.1, 0.15) is 114 Å². The average Bonchev–Trinajstić information content (AvgIpc) is 3.26. The summed E-state index contributed by atoms with van der Waals surface area (Å²) in [5.74, 6) is 1.65. The third kappa shape index (κ3) is 9.99. The number of aryl methyl sites for hydroxylation is 1. The molecule has 0 spiro atoms. The molecule has 5 heteroatoms. The Morgan fingerprint density at radius 2 is 1.70 bits per heavy atom. The molecular formula is C39H57F2N3. The van der Waals surface area contributed by atoms with Gasteiger partial charge in [-0.25, -0.2) is 13.8 Å². The lowest BCUT2D eigenvalue weighted by atomic mass is 9.76. The first kappa shape index (κ1) is 37.1. The van der Waals surface area contributed by atoms with Crippen LogP contribution < -0.4 is 10.6 Å². The lowest BCUT2D eigenvalue weighted by molar-refractivity contribution is 0.292. The predicted molar refractivity (Wildman–Crippen MR) is 187 cm³/mol. The quantitative estimate of drug-likeness (QED) is 0.209. The SMILES string of the molecule is C=CCNCC.CC.CCC1CCC(C2=CCC=CC(c3cnc(NC)c(C(C)[C@H](C)c4cc(F)ccc4C)c3)=C2F)CC1. The van der Waals surface area contributed by atoms with Gasteiger partial charge in [-0.05, 0) is 110 Å². The number of nitrogens with zero attached hydrogens (tertiary/aromatic N) is 1. The van der Waals surface area contributed by atoms with Crippen molar-refractivity contribution in [1.82, 2.24) is 10.3 Å². The van der Waals surface area contributed by atoms with Gasteiger partial charge in [0.2, 0.25) is 0 Å². The van der Waals surface area contributed by atoms with Crippen molar-refractivity contribution < 1.29 is 8.78 Å². The molecule has 1 aromatic carbocycles. The zero-order chi connectivity index (χ0) is 32.6. The van der Waals surface area contributed by atoms with Crippen molar-refractivity contribution in [2.45, 2.75) is 98.8 Å². The van der Waals surface area contributed by atoms with Gasteiger partial charge in [0.05, 0.1) is 0 Å². The van der Waals surface area contributed by atoms with Crippen molar-refractivity contribution in [2.24, 2.45) is 11.8 Å². The number of halogens is 2. The fourth-order valence-electron chi connectivity index (χ4n) is 6.22. The van der Waals surface area contributed by atoms with E-state index >= 15 is 4.39 Å². The van der Waals surface area contributed by atoms with Crippen molar-refractivity contribution in [1.29, 1.82) is 0 Å². The molecule has 0 amide bonds. The Hall–Kier alpha value is -3.05. The third-order valence-corrected chi connectivity index (χ3v) is 9.09. The van der Waals surface area contributed by atoms with Gasteiger partial charge in [-0.15, -0.1) is 6.58 Å². The molecule has 1 aromatic heterocycles. The zero-order valence-corrected chi connectivity index (χ0v) is 28.6. The summed E-state index contributed by atoms with van der Waals surface area (Å²) in [6.07, 6.45) is 16.1. The van der Waals surface area contributed by atoms with Gasteiger partial charge in [0.1, 0.15) is 17.5 Å². The highest BCUT2D eigenvalue weighted by Crippen LogP contribution is 2.42. The molecule has 1 saturated carbocycles. The lowest BCUT2D eigenvalue weighted by Gasteiger charge is -2.29. The Kier molecular flexibility index (Phi) is 16.3. The molecule has 0 radical (unpaired) electrons. The molecule has 1 fully saturated rings. The van der Waals surface area contributed by atoms with E-state index in [1.54, 1.807) is 12.3 Å². The maximum atomic E-state index is 16.1. The van der Waals surface area contributed by atoms with Gasteiger partial charge >= 0.3 is 0 Å². The van der Waals surface area contributed by atoms with Crippen molar-refractivity contribution in [3.05, 3.63) is 101 Å². The van der Waals surface area contributed by atoms with Crippen LogP contribution in [-0.2, 0) is 0 Å². The first-order chi connectivity index (χ1) is 21.2. The van der Waals surface area contributed by atoms with E-state index in [1.807, 2.05) is 52.1 Å². The lowest BCUT2D eigenvalue weighted by Crippen LogP contribution is -2.16. The predicted octanol–water partition coefficient (Wildman–Crippen LogP) is 11.1. The Balaban J connectivity index is 0.000000755. The molecule has 1 unspecified atom stereocenters. The van der Waals surface area contributed by atoms with Crippen LogP contribution in [0.15, 0.2) is 72.7 Å². The number of aromatic nitrogens is 1. The second kappa shape index (κ2) is 19.4. The Labute approximate surface area is 267 Å². The number of pyridine rings is 1. The maximum Gasteiger partial charge on any atom is 0.134 e. The maximum absolute atomic E-state index is 16.1. The topological polar surface area (TPSA) is 37.0 Å². The van der Waals surface area contributed by atoms with Crippen molar-refractivity contribution in [3.8, 4) is 0 Å². The number of allylic oxidation sites excluding steroid dienone is 6. The van der Waals surface area contributed by atoms with Crippen molar-refractivity contribution >= 4 is 11.4 Å². The van der Waals surface area contributed by atoms with Crippen LogP contribution >= 0.6 is 0 Å². The standard InChI is InChI=1S/C32H40F2N2.C5H11N.C2H6/c1-6-23-12-14-24(15-13-23)27-9-7-8-10-28(31(27)34)25-17-30(32(35-5)36-19-25)22(4)21(3)29-18-26(33)16-11-20(29)2;1-3-5-6-4-2;1-2/h8-11,16-19,21-24H,6-7,12-15H2,1-5H3,(H,35,36);3,6H,1,4-5H2,2H3;1-2H3/t21-,22?,23?,24?;;/m0../s1. The van der Waals surface area contributed by atoms with E-state index in [9.17, 15) is 4.39 Å².